The highest BCUT2D eigenvalue weighted by atomic mass is 35.5. The standard InChI is InChI=1S/C14H11ClO2/c15-12-9-5-4-8-11(12)14(17)13(16)10-6-2-1-3-7-10/h1-9,14,17H/t14-/m1/s1. The number of hydrogen-bond donors (Lipinski definition) is 1. The molecule has 0 fully saturated rings. The molecule has 2 rings (SSSR count). The molecule has 86 valence electrons. The van der Waals surface area contributed by atoms with Crippen LogP contribution in [0.25, 0.3) is 0 Å². The van der Waals surface area contributed by atoms with E-state index in [1.165, 1.54) is 0 Å². The van der Waals surface area contributed by atoms with Gasteiger partial charge in [0.25, 0.3) is 0 Å². The Bertz CT molecular complexity index is 523. The molecule has 0 aliphatic rings. The molecule has 0 radical (unpaired) electrons. The number of hydrogen-bond acceptors (Lipinski definition) is 2. The lowest BCUT2D eigenvalue weighted by Crippen LogP contribution is -2.12. The van der Waals surface area contributed by atoms with E-state index in [2.05, 4.69) is 0 Å². The van der Waals surface area contributed by atoms with Crippen LogP contribution in [0, 0.1) is 0 Å². The first kappa shape index (κ1) is 11.8. The van der Waals surface area contributed by atoms with Gasteiger partial charge in [0.2, 0.25) is 0 Å². The summed E-state index contributed by atoms with van der Waals surface area (Å²) in [5, 5.41) is 10.4. The van der Waals surface area contributed by atoms with E-state index in [-0.39, 0.29) is 5.78 Å². The lowest BCUT2D eigenvalue weighted by Gasteiger charge is -2.11. The Morgan fingerprint density at radius 3 is 2.24 bits per heavy atom. The topological polar surface area (TPSA) is 37.3 Å². The molecule has 2 nitrogen and oxygen atoms in total. The SMILES string of the molecule is O=C(c1ccccc1)[C@H](O)c1ccccc1Cl. The average molecular weight is 247 g/mol. The van der Waals surface area contributed by atoms with Gasteiger partial charge in [0.1, 0.15) is 6.10 Å². The summed E-state index contributed by atoms with van der Waals surface area (Å²) in [7, 11) is 0. The van der Waals surface area contributed by atoms with Gasteiger partial charge in [-0.2, -0.15) is 0 Å². The molecule has 0 aliphatic heterocycles. The molecule has 3 heteroatoms. The number of ketones is 1. The fourth-order valence-corrected chi connectivity index (χ4v) is 1.84. The van der Waals surface area contributed by atoms with Gasteiger partial charge in [-0.05, 0) is 6.07 Å². The van der Waals surface area contributed by atoms with Crippen molar-refractivity contribution in [2.24, 2.45) is 0 Å². The van der Waals surface area contributed by atoms with E-state index in [9.17, 15) is 9.90 Å². The van der Waals surface area contributed by atoms with Crippen molar-refractivity contribution in [2.45, 2.75) is 6.10 Å². The summed E-state index contributed by atoms with van der Waals surface area (Å²) in [6, 6.07) is 15.5. The first-order chi connectivity index (χ1) is 8.20. The number of rotatable bonds is 3. The number of carbonyl (C=O) groups excluding carboxylic acids is 1. The molecule has 0 heterocycles. The Labute approximate surface area is 104 Å². The van der Waals surface area contributed by atoms with Crippen molar-refractivity contribution in [3.05, 3.63) is 70.7 Å². The van der Waals surface area contributed by atoms with Crippen molar-refractivity contribution < 1.29 is 9.90 Å². The van der Waals surface area contributed by atoms with Gasteiger partial charge in [0, 0.05) is 16.1 Å². The molecule has 0 amide bonds. The lowest BCUT2D eigenvalue weighted by atomic mass is 10.00. The van der Waals surface area contributed by atoms with E-state index in [1.54, 1.807) is 48.5 Å². The van der Waals surface area contributed by atoms with Crippen LogP contribution < -0.4 is 0 Å². The molecule has 1 atom stereocenters. The van der Waals surface area contributed by atoms with Gasteiger partial charge < -0.3 is 5.11 Å². The molecule has 0 spiro atoms. The Kier molecular flexibility index (Phi) is 3.57. The fraction of sp³-hybridized carbons (Fsp3) is 0.0714. The van der Waals surface area contributed by atoms with Gasteiger partial charge in [-0.15, -0.1) is 0 Å². The molecule has 17 heavy (non-hydrogen) atoms. The zero-order valence-corrected chi connectivity index (χ0v) is 9.76. The van der Waals surface area contributed by atoms with Gasteiger partial charge in [-0.25, -0.2) is 0 Å². The van der Waals surface area contributed by atoms with E-state index in [0.717, 1.165) is 0 Å². The molecule has 0 unspecified atom stereocenters. The monoisotopic (exact) mass is 246 g/mol. The number of carbonyl (C=O) groups is 1. The lowest BCUT2D eigenvalue weighted by molar-refractivity contribution is 0.0747. The normalized spacial score (nSPS) is 12.1. The maximum atomic E-state index is 12.0. The Balaban J connectivity index is 2.30. The van der Waals surface area contributed by atoms with Gasteiger partial charge in [0.15, 0.2) is 5.78 Å². The summed E-state index contributed by atoms with van der Waals surface area (Å²) in [5.74, 6) is -0.348. The van der Waals surface area contributed by atoms with Crippen LogP contribution in [0.2, 0.25) is 5.02 Å². The maximum absolute atomic E-state index is 12.0. The smallest absolute Gasteiger partial charge is 0.195 e. The second-order valence-electron chi connectivity index (χ2n) is 3.65. The van der Waals surface area contributed by atoms with E-state index in [1.807, 2.05) is 6.07 Å². The van der Waals surface area contributed by atoms with Crippen LogP contribution in [-0.4, -0.2) is 10.9 Å². The molecule has 0 saturated heterocycles. The van der Waals surface area contributed by atoms with Crippen molar-refractivity contribution in [2.75, 3.05) is 0 Å². The van der Waals surface area contributed by atoms with Crippen LogP contribution in [0.4, 0.5) is 0 Å². The molecule has 0 saturated carbocycles. The Morgan fingerprint density at radius 2 is 1.59 bits per heavy atom. The third kappa shape index (κ3) is 2.54. The number of benzene rings is 2. The van der Waals surface area contributed by atoms with Crippen LogP contribution in [0.3, 0.4) is 0 Å². The number of aliphatic hydroxyl groups excluding tert-OH is 1. The van der Waals surface area contributed by atoms with Crippen molar-refractivity contribution in [1.82, 2.24) is 0 Å². The fourth-order valence-electron chi connectivity index (χ4n) is 1.60. The third-order valence-electron chi connectivity index (χ3n) is 2.51. The van der Waals surface area contributed by atoms with Gasteiger partial charge in [0.05, 0.1) is 0 Å². The molecular formula is C14H11ClO2. The number of halogens is 1. The molecule has 0 aliphatic carbocycles. The maximum Gasteiger partial charge on any atom is 0.195 e. The van der Waals surface area contributed by atoms with Gasteiger partial charge in [-0.3, -0.25) is 4.79 Å². The minimum Gasteiger partial charge on any atom is -0.380 e. The first-order valence-corrected chi connectivity index (χ1v) is 5.59. The minimum atomic E-state index is -1.22. The minimum absolute atomic E-state index is 0.348. The molecule has 2 aromatic carbocycles. The summed E-state index contributed by atoms with van der Waals surface area (Å²) in [6.07, 6.45) is -1.22. The second kappa shape index (κ2) is 5.13. The van der Waals surface area contributed by atoms with Crippen molar-refractivity contribution >= 4 is 17.4 Å². The molecule has 2 aromatic rings. The van der Waals surface area contributed by atoms with Crippen LogP contribution in [0.15, 0.2) is 54.6 Å². The number of Topliss-reactive ketones (excluding diaryl/α,β-unsaturated/α-hetero) is 1. The average Bonchev–Trinajstić information content (AvgIpc) is 2.39. The molecule has 0 aromatic heterocycles. The van der Waals surface area contributed by atoms with E-state index < -0.39 is 6.10 Å². The molecule has 1 N–H and O–H groups in total. The molecular weight excluding hydrogens is 236 g/mol. The van der Waals surface area contributed by atoms with Crippen molar-refractivity contribution in [3.8, 4) is 0 Å². The highest BCUT2D eigenvalue weighted by Gasteiger charge is 2.20. The second-order valence-corrected chi connectivity index (χ2v) is 4.06. The van der Waals surface area contributed by atoms with Crippen LogP contribution in [0.1, 0.15) is 22.0 Å². The summed E-state index contributed by atoms with van der Waals surface area (Å²) in [6.45, 7) is 0. The predicted molar refractivity (Wildman–Crippen MR) is 67.2 cm³/mol. The first-order valence-electron chi connectivity index (χ1n) is 5.22. The van der Waals surface area contributed by atoms with Crippen molar-refractivity contribution in [3.63, 3.8) is 0 Å². The molecule has 0 bridgehead atoms. The zero-order chi connectivity index (χ0) is 12.3. The summed E-state index contributed by atoms with van der Waals surface area (Å²) >= 11 is 5.94. The van der Waals surface area contributed by atoms with Crippen LogP contribution in [0.5, 0.6) is 0 Å². The van der Waals surface area contributed by atoms with E-state index >= 15 is 0 Å². The highest BCUT2D eigenvalue weighted by Crippen LogP contribution is 2.25. The largest absolute Gasteiger partial charge is 0.380 e. The predicted octanol–water partition coefficient (Wildman–Crippen LogP) is 3.26. The third-order valence-corrected chi connectivity index (χ3v) is 2.85. The van der Waals surface area contributed by atoms with E-state index in [4.69, 9.17) is 11.6 Å². The quantitative estimate of drug-likeness (QED) is 0.844. The van der Waals surface area contributed by atoms with E-state index in [0.29, 0.717) is 16.1 Å². The van der Waals surface area contributed by atoms with Gasteiger partial charge >= 0.3 is 0 Å². The Hall–Kier alpha value is -1.64. The summed E-state index contributed by atoms with van der Waals surface area (Å²) < 4.78 is 0. The zero-order valence-electron chi connectivity index (χ0n) is 9.01. The summed E-state index contributed by atoms with van der Waals surface area (Å²) in [5.41, 5.74) is 0.905. The summed E-state index contributed by atoms with van der Waals surface area (Å²) in [4.78, 5) is 12.0. The van der Waals surface area contributed by atoms with Crippen LogP contribution in [-0.2, 0) is 0 Å². The Morgan fingerprint density at radius 1 is 1.00 bits per heavy atom. The number of aliphatic hydroxyl groups is 1. The van der Waals surface area contributed by atoms with Gasteiger partial charge in [-0.1, -0.05) is 60.1 Å². The highest BCUT2D eigenvalue weighted by molar-refractivity contribution is 6.31. The van der Waals surface area contributed by atoms with Crippen molar-refractivity contribution in [1.29, 1.82) is 0 Å². The van der Waals surface area contributed by atoms with Crippen LogP contribution >= 0.6 is 11.6 Å².